The molecule has 1 amide bonds. The van der Waals surface area contributed by atoms with Gasteiger partial charge < -0.3 is 19.6 Å². The smallest absolute Gasteiger partial charge is 0.270 e. The van der Waals surface area contributed by atoms with Gasteiger partial charge in [-0.2, -0.15) is 4.31 Å². The molecule has 3 aromatic rings. The molecule has 9 nitrogen and oxygen atoms in total. The van der Waals surface area contributed by atoms with Gasteiger partial charge in [-0.3, -0.25) is 4.79 Å². The average Bonchev–Trinajstić information content (AvgIpc) is 3.47. The molecule has 2 aliphatic rings. The highest BCUT2D eigenvalue weighted by Crippen LogP contribution is 2.28. The number of nitrogens with one attached hydrogen (secondary N) is 2. The van der Waals surface area contributed by atoms with Crippen LogP contribution < -0.4 is 0 Å². The van der Waals surface area contributed by atoms with Crippen molar-refractivity contribution in [2.75, 3.05) is 39.4 Å². The van der Waals surface area contributed by atoms with Crippen LogP contribution in [0.15, 0.2) is 41.4 Å². The van der Waals surface area contributed by atoms with Crippen LogP contribution in [0.1, 0.15) is 35.1 Å². The first-order valence-corrected chi connectivity index (χ1v) is 12.0. The zero-order valence-electron chi connectivity index (χ0n) is 17.1. The molecule has 2 saturated heterocycles. The monoisotopic (exact) mass is 443 g/mol. The topological polar surface area (TPSA) is 111 Å². The Morgan fingerprint density at radius 2 is 1.97 bits per heavy atom. The standard InChI is InChI=1S/C21H25N5O4S/c27-21(19-12-16(13-22-19)31(28,29)26-8-10-30-11-9-26)25-7-3-4-15(14-25)20-23-17-5-1-2-6-18(17)24-20/h1-2,5-6,12-13,15,22H,3-4,7-11,14H2,(H,23,24). The van der Waals surface area contributed by atoms with Crippen molar-refractivity contribution in [1.82, 2.24) is 24.2 Å². The third-order valence-corrected chi connectivity index (χ3v) is 7.87. The molecule has 1 unspecified atom stereocenters. The van der Waals surface area contributed by atoms with E-state index < -0.39 is 10.0 Å². The molecular weight excluding hydrogens is 418 g/mol. The molecule has 0 spiro atoms. The first-order valence-electron chi connectivity index (χ1n) is 10.5. The minimum atomic E-state index is -3.64. The number of benzene rings is 1. The van der Waals surface area contributed by atoms with E-state index in [1.807, 2.05) is 24.3 Å². The number of H-pyrrole nitrogens is 2. The van der Waals surface area contributed by atoms with Crippen LogP contribution in [-0.4, -0.2) is 77.9 Å². The number of carbonyl (C=O) groups excluding carboxylic acids is 1. The van der Waals surface area contributed by atoms with E-state index in [-0.39, 0.29) is 22.4 Å². The summed E-state index contributed by atoms with van der Waals surface area (Å²) in [5, 5.41) is 0. The summed E-state index contributed by atoms with van der Waals surface area (Å²) in [5.74, 6) is 0.821. The maximum absolute atomic E-state index is 13.1. The van der Waals surface area contributed by atoms with Crippen LogP contribution in [0.2, 0.25) is 0 Å². The average molecular weight is 444 g/mol. The van der Waals surface area contributed by atoms with Crippen molar-refractivity contribution in [2.24, 2.45) is 0 Å². The van der Waals surface area contributed by atoms with E-state index in [1.54, 1.807) is 4.90 Å². The molecule has 4 heterocycles. The minimum Gasteiger partial charge on any atom is -0.379 e. The number of amides is 1. The first kappa shape index (κ1) is 20.2. The van der Waals surface area contributed by atoms with E-state index in [1.165, 1.54) is 16.6 Å². The number of piperidine rings is 1. The summed E-state index contributed by atoms with van der Waals surface area (Å²) in [6.45, 7) is 2.59. The molecule has 2 fully saturated rings. The third kappa shape index (κ3) is 3.86. The molecule has 5 rings (SSSR count). The number of hydrogen-bond donors (Lipinski definition) is 2. The minimum absolute atomic E-state index is 0.114. The van der Waals surface area contributed by atoms with E-state index in [2.05, 4.69) is 9.97 Å². The maximum Gasteiger partial charge on any atom is 0.270 e. The molecule has 0 saturated carbocycles. The molecule has 31 heavy (non-hydrogen) atoms. The number of hydrogen-bond acceptors (Lipinski definition) is 5. The van der Waals surface area contributed by atoms with Crippen molar-refractivity contribution in [3.8, 4) is 0 Å². The molecule has 2 N–H and O–H groups in total. The largest absolute Gasteiger partial charge is 0.379 e. The lowest BCUT2D eigenvalue weighted by Crippen LogP contribution is -2.40. The lowest BCUT2D eigenvalue weighted by atomic mass is 9.97. The summed E-state index contributed by atoms with van der Waals surface area (Å²) in [6.07, 6.45) is 3.22. The van der Waals surface area contributed by atoms with Gasteiger partial charge in [-0.15, -0.1) is 0 Å². The fourth-order valence-corrected chi connectivity index (χ4v) is 5.71. The van der Waals surface area contributed by atoms with Gasteiger partial charge in [-0.05, 0) is 31.0 Å². The van der Waals surface area contributed by atoms with Gasteiger partial charge in [0.05, 0.1) is 24.2 Å². The molecule has 0 aliphatic carbocycles. The van der Waals surface area contributed by atoms with E-state index in [9.17, 15) is 13.2 Å². The second-order valence-corrected chi connectivity index (χ2v) is 9.93. The zero-order chi connectivity index (χ0) is 21.4. The molecule has 1 aromatic carbocycles. The van der Waals surface area contributed by atoms with E-state index >= 15 is 0 Å². The molecule has 0 radical (unpaired) electrons. The van der Waals surface area contributed by atoms with Gasteiger partial charge in [-0.25, -0.2) is 13.4 Å². The highest BCUT2D eigenvalue weighted by Gasteiger charge is 2.31. The number of sulfonamides is 1. The number of fused-ring (bicyclic) bond motifs is 1. The Bertz CT molecular complexity index is 1160. The Hall–Kier alpha value is -2.69. The van der Waals surface area contributed by atoms with Crippen molar-refractivity contribution in [2.45, 2.75) is 23.7 Å². The molecular formula is C21H25N5O4S. The summed E-state index contributed by atoms with van der Waals surface area (Å²) >= 11 is 0. The lowest BCUT2D eigenvalue weighted by molar-refractivity contribution is 0.0699. The lowest BCUT2D eigenvalue weighted by Gasteiger charge is -2.31. The van der Waals surface area contributed by atoms with Crippen LogP contribution in [0, 0.1) is 0 Å². The summed E-state index contributed by atoms with van der Waals surface area (Å²) in [6, 6.07) is 9.33. The third-order valence-electron chi connectivity index (χ3n) is 6.00. The summed E-state index contributed by atoms with van der Waals surface area (Å²) < 4.78 is 32.3. The van der Waals surface area contributed by atoms with Gasteiger partial charge in [0.2, 0.25) is 10.0 Å². The Labute approximate surface area is 180 Å². The number of nitrogens with zero attached hydrogens (tertiary/aromatic N) is 3. The van der Waals surface area contributed by atoms with Gasteiger partial charge in [0.25, 0.3) is 5.91 Å². The predicted molar refractivity (Wildman–Crippen MR) is 114 cm³/mol. The number of rotatable bonds is 4. The van der Waals surface area contributed by atoms with Crippen molar-refractivity contribution < 1.29 is 17.9 Å². The highest BCUT2D eigenvalue weighted by molar-refractivity contribution is 7.89. The number of likely N-dealkylation sites (tertiary alicyclic amines) is 1. The van der Waals surface area contributed by atoms with Crippen LogP contribution in [-0.2, 0) is 14.8 Å². The molecule has 10 heteroatoms. The van der Waals surface area contributed by atoms with Crippen molar-refractivity contribution in [3.63, 3.8) is 0 Å². The van der Waals surface area contributed by atoms with Crippen LogP contribution >= 0.6 is 0 Å². The predicted octanol–water partition coefficient (Wildman–Crippen LogP) is 1.93. The normalized spacial score (nSPS) is 20.9. The van der Waals surface area contributed by atoms with Gasteiger partial charge in [0.1, 0.15) is 16.4 Å². The maximum atomic E-state index is 13.1. The molecule has 0 bridgehead atoms. The zero-order valence-corrected chi connectivity index (χ0v) is 17.9. The number of ether oxygens (including phenoxy) is 1. The van der Waals surface area contributed by atoms with Crippen LogP contribution in [0.4, 0.5) is 0 Å². The fourth-order valence-electron chi connectivity index (χ4n) is 4.30. The van der Waals surface area contributed by atoms with Gasteiger partial charge in [0, 0.05) is 38.3 Å². The van der Waals surface area contributed by atoms with Gasteiger partial charge in [-0.1, -0.05) is 12.1 Å². The fraction of sp³-hybridized carbons (Fsp3) is 0.429. The van der Waals surface area contributed by atoms with Gasteiger partial charge in [0.15, 0.2) is 0 Å². The summed E-state index contributed by atoms with van der Waals surface area (Å²) in [4.78, 5) is 25.9. The number of imidazole rings is 1. The summed E-state index contributed by atoms with van der Waals surface area (Å²) in [7, 11) is -3.64. The van der Waals surface area contributed by atoms with Crippen molar-refractivity contribution >= 4 is 27.0 Å². The molecule has 164 valence electrons. The van der Waals surface area contributed by atoms with Gasteiger partial charge >= 0.3 is 0 Å². The van der Waals surface area contributed by atoms with Crippen molar-refractivity contribution in [3.05, 3.63) is 48.0 Å². The highest BCUT2D eigenvalue weighted by atomic mass is 32.2. The molecule has 2 aliphatic heterocycles. The Kier molecular flexibility index (Phi) is 5.28. The van der Waals surface area contributed by atoms with Crippen molar-refractivity contribution in [1.29, 1.82) is 0 Å². The number of aromatic nitrogens is 3. The number of morpholine rings is 1. The molecule has 1 atom stereocenters. The van der Waals surface area contributed by atoms with Crippen LogP contribution in [0.25, 0.3) is 11.0 Å². The summed E-state index contributed by atoms with van der Waals surface area (Å²) in [5.41, 5.74) is 2.20. The second-order valence-electron chi connectivity index (χ2n) is 8.00. The Morgan fingerprint density at radius 3 is 2.77 bits per heavy atom. The molecule has 2 aromatic heterocycles. The van der Waals surface area contributed by atoms with E-state index in [0.717, 1.165) is 29.7 Å². The SMILES string of the molecule is O=C(c1cc(S(=O)(=O)N2CCOCC2)c[nH]1)N1CCCC(c2nc3ccccc3[nH]2)C1. The number of para-hydroxylation sites is 2. The van der Waals surface area contributed by atoms with E-state index in [0.29, 0.717) is 39.4 Å². The number of aromatic amines is 2. The van der Waals surface area contributed by atoms with Crippen LogP contribution in [0.3, 0.4) is 0 Å². The van der Waals surface area contributed by atoms with E-state index in [4.69, 9.17) is 9.72 Å². The Morgan fingerprint density at radius 1 is 1.16 bits per heavy atom. The Balaban J connectivity index is 1.32. The number of carbonyl (C=O) groups is 1. The first-order chi connectivity index (χ1) is 15.0. The second kappa shape index (κ2) is 8.10. The quantitative estimate of drug-likeness (QED) is 0.640. The van der Waals surface area contributed by atoms with Crippen LogP contribution in [0.5, 0.6) is 0 Å².